The van der Waals surface area contributed by atoms with Crippen molar-refractivity contribution in [2.24, 2.45) is 0 Å². The Morgan fingerprint density at radius 1 is 1.16 bits per heavy atom. The maximum atomic E-state index is 12.6. The molecule has 1 aliphatic rings. The first-order valence-corrected chi connectivity index (χ1v) is 8.54. The second-order valence-electron chi connectivity index (χ2n) is 5.72. The number of anilines is 1. The summed E-state index contributed by atoms with van der Waals surface area (Å²) < 4.78 is 5.38. The fraction of sp³-hybridized carbons (Fsp3) is 0.263. The van der Waals surface area contributed by atoms with Crippen LogP contribution in [0.4, 0.5) is 5.69 Å². The molecule has 5 nitrogen and oxygen atoms in total. The molecule has 0 bridgehead atoms. The van der Waals surface area contributed by atoms with Gasteiger partial charge in [-0.15, -0.1) is 0 Å². The Hall–Kier alpha value is -2.37. The molecule has 0 aliphatic carbocycles. The zero-order chi connectivity index (χ0) is 17.8. The van der Waals surface area contributed by atoms with Crippen LogP contribution in [-0.4, -0.2) is 24.5 Å². The van der Waals surface area contributed by atoms with E-state index in [0.29, 0.717) is 29.6 Å². The molecule has 3 rings (SSSR count). The maximum Gasteiger partial charge on any atom is 0.251 e. The van der Waals surface area contributed by atoms with Crippen LogP contribution in [0.3, 0.4) is 0 Å². The van der Waals surface area contributed by atoms with Gasteiger partial charge in [0.25, 0.3) is 5.91 Å². The van der Waals surface area contributed by atoms with Gasteiger partial charge in [-0.2, -0.15) is 0 Å². The summed E-state index contributed by atoms with van der Waals surface area (Å²) in [4.78, 5) is 26.1. The van der Waals surface area contributed by atoms with Crippen LogP contribution in [-0.2, 0) is 16.1 Å². The van der Waals surface area contributed by atoms with Gasteiger partial charge in [0.15, 0.2) is 0 Å². The van der Waals surface area contributed by atoms with Gasteiger partial charge in [0.05, 0.1) is 24.8 Å². The lowest BCUT2D eigenvalue weighted by Crippen LogP contribution is -2.38. The van der Waals surface area contributed by atoms with E-state index in [0.717, 1.165) is 5.56 Å². The van der Waals surface area contributed by atoms with Gasteiger partial charge in [-0.3, -0.25) is 9.59 Å². The number of hydrogen-bond acceptors (Lipinski definition) is 4. The Labute approximate surface area is 151 Å². The molecule has 1 N–H and O–H groups in total. The topological polar surface area (TPSA) is 58.6 Å². The number of carbonyl (C=O) groups is 2. The Balaban J connectivity index is 1.68. The van der Waals surface area contributed by atoms with Crippen LogP contribution in [0.1, 0.15) is 18.9 Å². The smallest absolute Gasteiger partial charge is 0.251 e. The minimum absolute atomic E-state index is 0.135. The summed E-state index contributed by atoms with van der Waals surface area (Å²) in [6.45, 7) is 2.89. The van der Waals surface area contributed by atoms with Gasteiger partial charge >= 0.3 is 0 Å². The largest absolute Gasteiger partial charge is 0.494 e. The summed E-state index contributed by atoms with van der Waals surface area (Å²) in [5, 5.41) is 3.76. The van der Waals surface area contributed by atoms with Crippen LogP contribution < -0.4 is 15.0 Å². The molecule has 1 saturated heterocycles. The summed E-state index contributed by atoms with van der Waals surface area (Å²) in [6.07, 6.45) is 0.135. The molecule has 0 saturated carbocycles. The SMILES string of the molecule is CCOc1ccc(N2C(=O)CC(NCc3ccccc3Cl)C2=O)cc1. The van der Waals surface area contributed by atoms with Crippen LogP contribution in [0.25, 0.3) is 0 Å². The van der Waals surface area contributed by atoms with Crippen LogP contribution in [0.2, 0.25) is 5.02 Å². The molecule has 1 fully saturated rings. The van der Waals surface area contributed by atoms with Gasteiger partial charge in [0.1, 0.15) is 5.75 Å². The summed E-state index contributed by atoms with van der Waals surface area (Å²) in [7, 11) is 0. The first-order chi connectivity index (χ1) is 12.1. The highest BCUT2D eigenvalue weighted by molar-refractivity contribution is 6.31. The van der Waals surface area contributed by atoms with Gasteiger partial charge in [-0.05, 0) is 42.8 Å². The standard InChI is InChI=1S/C19H19ClN2O3/c1-2-25-15-9-7-14(8-10-15)22-18(23)11-17(19(22)24)21-12-13-5-3-4-6-16(13)20/h3-10,17,21H,2,11-12H2,1H3. The van der Waals surface area contributed by atoms with Crippen molar-refractivity contribution < 1.29 is 14.3 Å². The molecular formula is C19H19ClN2O3. The highest BCUT2D eigenvalue weighted by atomic mass is 35.5. The normalized spacial score (nSPS) is 17.2. The molecule has 0 aromatic heterocycles. The Kier molecular flexibility index (Phi) is 5.36. The van der Waals surface area contributed by atoms with Gasteiger partial charge in [-0.25, -0.2) is 4.90 Å². The van der Waals surface area contributed by atoms with Crippen molar-refractivity contribution in [2.75, 3.05) is 11.5 Å². The van der Waals surface area contributed by atoms with Gasteiger partial charge in [0, 0.05) is 11.6 Å². The lowest BCUT2D eigenvalue weighted by Gasteiger charge is -2.16. The Morgan fingerprint density at radius 3 is 2.56 bits per heavy atom. The number of nitrogens with zero attached hydrogens (tertiary/aromatic N) is 1. The number of amides is 2. The number of ether oxygens (including phenoxy) is 1. The molecule has 1 atom stereocenters. The number of carbonyl (C=O) groups excluding carboxylic acids is 2. The van der Waals surface area contributed by atoms with Crippen LogP contribution in [0, 0.1) is 0 Å². The summed E-state index contributed by atoms with van der Waals surface area (Å²) >= 11 is 6.13. The van der Waals surface area contributed by atoms with E-state index in [1.165, 1.54) is 4.90 Å². The molecule has 130 valence electrons. The van der Waals surface area contributed by atoms with Crippen molar-refractivity contribution >= 4 is 29.1 Å². The minimum atomic E-state index is -0.546. The first-order valence-electron chi connectivity index (χ1n) is 8.16. The molecule has 1 aliphatic heterocycles. The number of nitrogens with one attached hydrogen (secondary N) is 1. The molecule has 0 radical (unpaired) electrons. The lowest BCUT2D eigenvalue weighted by molar-refractivity contribution is -0.121. The van der Waals surface area contributed by atoms with E-state index in [1.54, 1.807) is 30.3 Å². The average Bonchev–Trinajstić information content (AvgIpc) is 2.89. The summed E-state index contributed by atoms with van der Waals surface area (Å²) in [5.41, 5.74) is 1.45. The number of imide groups is 1. The predicted octanol–water partition coefficient (Wildman–Crippen LogP) is 3.16. The zero-order valence-corrected chi connectivity index (χ0v) is 14.6. The van der Waals surface area contributed by atoms with Crippen molar-refractivity contribution in [1.29, 1.82) is 0 Å². The Bertz CT molecular complexity index is 776. The van der Waals surface area contributed by atoms with E-state index in [4.69, 9.17) is 16.3 Å². The first kappa shape index (κ1) is 17.5. The molecule has 1 heterocycles. The van der Waals surface area contributed by atoms with Gasteiger partial charge in [-0.1, -0.05) is 29.8 Å². The maximum absolute atomic E-state index is 12.6. The van der Waals surface area contributed by atoms with Gasteiger partial charge in [0.2, 0.25) is 5.91 Å². The number of rotatable bonds is 6. The molecule has 2 amide bonds. The van der Waals surface area contributed by atoms with Crippen molar-refractivity contribution in [3.8, 4) is 5.75 Å². The van der Waals surface area contributed by atoms with Crippen molar-refractivity contribution in [3.63, 3.8) is 0 Å². The van der Waals surface area contributed by atoms with Crippen molar-refractivity contribution in [2.45, 2.75) is 25.9 Å². The quantitative estimate of drug-likeness (QED) is 0.806. The van der Waals surface area contributed by atoms with Crippen LogP contribution in [0.15, 0.2) is 48.5 Å². The van der Waals surface area contributed by atoms with E-state index in [1.807, 2.05) is 25.1 Å². The second kappa shape index (κ2) is 7.68. The molecular weight excluding hydrogens is 340 g/mol. The minimum Gasteiger partial charge on any atom is -0.494 e. The van der Waals surface area contributed by atoms with E-state index in [-0.39, 0.29) is 18.2 Å². The second-order valence-corrected chi connectivity index (χ2v) is 6.13. The van der Waals surface area contributed by atoms with Crippen molar-refractivity contribution in [1.82, 2.24) is 5.32 Å². The van der Waals surface area contributed by atoms with E-state index < -0.39 is 6.04 Å². The predicted molar refractivity (Wildman–Crippen MR) is 96.8 cm³/mol. The van der Waals surface area contributed by atoms with E-state index in [9.17, 15) is 9.59 Å². The molecule has 2 aromatic rings. The number of halogens is 1. The molecule has 6 heteroatoms. The van der Waals surface area contributed by atoms with Crippen LogP contribution in [0.5, 0.6) is 5.75 Å². The third kappa shape index (κ3) is 3.83. The monoisotopic (exact) mass is 358 g/mol. The van der Waals surface area contributed by atoms with Gasteiger partial charge < -0.3 is 10.1 Å². The fourth-order valence-electron chi connectivity index (χ4n) is 2.80. The third-order valence-corrected chi connectivity index (χ3v) is 4.42. The zero-order valence-electron chi connectivity index (χ0n) is 13.9. The van der Waals surface area contributed by atoms with E-state index >= 15 is 0 Å². The highest BCUT2D eigenvalue weighted by Gasteiger charge is 2.39. The highest BCUT2D eigenvalue weighted by Crippen LogP contribution is 2.25. The molecule has 0 spiro atoms. The van der Waals surface area contributed by atoms with Crippen LogP contribution >= 0.6 is 11.6 Å². The van der Waals surface area contributed by atoms with E-state index in [2.05, 4.69) is 5.32 Å². The van der Waals surface area contributed by atoms with Crippen molar-refractivity contribution in [3.05, 3.63) is 59.1 Å². The molecule has 2 aromatic carbocycles. The molecule has 25 heavy (non-hydrogen) atoms. The summed E-state index contributed by atoms with van der Waals surface area (Å²) in [5.74, 6) is 0.241. The average molecular weight is 359 g/mol. The fourth-order valence-corrected chi connectivity index (χ4v) is 3.00. The lowest BCUT2D eigenvalue weighted by atomic mass is 10.2. The third-order valence-electron chi connectivity index (χ3n) is 4.05. The Morgan fingerprint density at radius 2 is 1.88 bits per heavy atom. The summed E-state index contributed by atoms with van der Waals surface area (Å²) in [6, 6.07) is 13.8. The number of hydrogen-bond donors (Lipinski definition) is 1. The molecule has 1 unspecified atom stereocenters. The number of benzene rings is 2.